The van der Waals surface area contributed by atoms with Gasteiger partial charge >= 0.3 is 0 Å². The first-order valence-electron chi connectivity index (χ1n) is 7.99. The van der Waals surface area contributed by atoms with Gasteiger partial charge in [0.1, 0.15) is 19.1 Å². The fourth-order valence-electron chi connectivity index (χ4n) is 2.89. The Bertz CT molecular complexity index is 801. The molecule has 0 unspecified atom stereocenters. The molecule has 0 atom stereocenters. The highest BCUT2D eigenvalue weighted by atomic mass is 16.3. The van der Waals surface area contributed by atoms with E-state index in [2.05, 4.69) is 15.1 Å². The van der Waals surface area contributed by atoms with Crippen molar-refractivity contribution in [2.24, 2.45) is 0 Å². The highest BCUT2D eigenvalue weighted by Crippen LogP contribution is 2.27. The van der Waals surface area contributed by atoms with Gasteiger partial charge in [-0.05, 0) is 52.0 Å². The smallest absolute Gasteiger partial charge is 0.138 e. The minimum Gasteiger partial charge on any atom is -0.506 e. The molecule has 1 aromatic carbocycles. The molecule has 6 nitrogen and oxygen atoms in total. The van der Waals surface area contributed by atoms with Crippen LogP contribution in [-0.2, 0) is 13.3 Å². The molecule has 3 rings (SSSR count). The van der Waals surface area contributed by atoms with Crippen molar-refractivity contribution < 1.29 is 5.11 Å². The van der Waals surface area contributed by atoms with Crippen LogP contribution in [0.3, 0.4) is 0 Å². The predicted molar refractivity (Wildman–Crippen MR) is 94.0 cm³/mol. The number of phenolic OH excluding ortho intramolecular Hbond substituents is 1. The van der Waals surface area contributed by atoms with Gasteiger partial charge in [-0.3, -0.25) is 0 Å². The molecule has 2 heterocycles. The van der Waals surface area contributed by atoms with Crippen LogP contribution in [0.15, 0.2) is 36.4 Å². The molecule has 0 aliphatic rings. The quantitative estimate of drug-likeness (QED) is 0.783. The maximum atomic E-state index is 10.3. The molecule has 6 heteroatoms. The lowest BCUT2D eigenvalue weighted by atomic mass is 10.3. The van der Waals surface area contributed by atoms with Gasteiger partial charge in [0.05, 0.1) is 17.1 Å². The molecule has 0 radical (unpaired) electrons. The summed E-state index contributed by atoms with van der Waals surface area (Å²) in [5.41, 5.74) is 4.90. The lowest BCUT2D eigenvalue weighted by Crippen LogP contribution is -2.30. The predicted octanol–water partition coefficient (Wildman–Crippen LogP) is 3.14. The van der Waals surface area contributed by atoms with Gasteiger partial charge in [-0.25, -0.2) is 9.36 Å². The monoisotopic (exact) mass is 325 g/mol. The largest absolute Gasteiger partial charge is 0.506 e. The third-order valence-corrected chi connectivity index (χ3v) is 4.04. The van der Waals surface area contributed by atoms with Gasteiger partial charge < -0.3 is 10.0 Å². The molecule has 2 aromatic heterocycles. The molecule has 0 bridgehead atoms. The molecule has 24 heavy (non-hydrogen) atoms. The molecule has 0 aliphatic heterocycles. The summed E-state index contributed by atoms with van der Waals surface area (Å²) in [6.07, 6.45) is 0. The molecule has 0 amide bonds. The van der Waals surface area contributed by atoms with Crippen LogP contribution < -0.4 is 4.90 Å². The summed E-state index contributed by atoms with van der Waals surface area (Å²) in [4.78, 5) is 2.06. The molecule has 0 spiro atoms. The van der Waals surface area contributed by atoms with Crippen LogP contribution in [0.1, 0.15) is 22.8 Å². The Labute approximate surface area is 142 Å². The first kappa shape index (κ1) is 16.1. The molecule has 0 aliphatic carbocycles. The number of hydrogen-bond donors (Lipinski definition) is 1. The van der Waals surface area contributed by atoms with Gasteiger partial charge in [0.2, 0.25) is 0 Å². The van der Waals surface area contributed by atoms with Gasteiger partial charge in [-0.15, -0.1) is 0 Å². The highest BCUT2D eigenvalue weighted by molar-refractivity contribution is 5.56. The standard InChI is InChI=1S/C18H23N5O/c1-13-9-15(3)22(19-13)11-21(17-7-5-6-8-18(17)24)12-23-16(4)10-14(2)20-23/h5-10,24H,11-12H2,1-4H3. The summed E-state index contributed by atoms with van der Waals surface area (Å²) in [5.74, 6) is 0.251. The highest BCUT2D eigenvalue weighted by Gasteiger charge is 2.15. The summed E-state index contributed by atoms with van der Waals surface area (Å²) in [5, 5.41) is 19.4. The number of phenols is 1. The molecule has 1 N–H and O–H groups in total. The van der Waals surface area contributed by atoms with Crippen molar-refractivity contribution in [1.29, 1.82) is 0 Å². The van der Waals surface area contributed by atoms with Crippen LogP contribution >= 0.6 is 0 Å². The summed E-state index contributed by atoms with van der Waals surface area (Å²) >= 11 is 0. The fourth-order valence-corrected chi connectivity index (χ4v) is 2.89. The van der Waals surface area contributed by atoms with Crippen LogP contribution in [0.2, 0.25) is 0 Å². The number of aromatic hydroxyl groups is 1. The van der Waals surface area contributed by atoms with E-state index in [1.54, 1.807) is 6.07 Å². The third kappa shape index (κ3) is 3.27. The van der Waals surface area contributed by atoms with E-state index in [4.69, 9.17) is 0 Å². The molecular weight excluding hydrogens is 302 g/mol. The van der Waals surface area contributed by atoms with Crippen molar-refractivity contribution >= 4 is 5.69 Å². The third-order valence-electron chi connectivity index (χ3n) is 4.04. The van der Waals surface area contributed by atoms with Gasteiger partial charge in [0.15, 0.2) is 0 Å². The SMILES string of the molecule is Cc1cc(C)n(CN(Cn2nc(C)cc2C)c2ccccc2O)n1. The Hall–Kier alpha value is -2.76. The van der Waals surface area contributed by atoms with Crippen LogP contribution in [-0.4, -0.2) is 24.7 Å². The van der Waals surface area contributed by atoms with Gasteiger partial charge in [-0.2, -0.15) is 10.2 Å². The van der Waals surface area contributed by atoms with Crippen molar-refractivity contribution in [1.82, 2.24) is 19.6 Å². The minimum absolute atomic E-state index is 0.251. The van der Waals surface area contributed by atoms with E-state index in [1.807, 2.05) is 67.4 Å². The second-order valence-corrected chi connectivity index (χ2v) is 6.16. The van der Waals surface area contributed by atoms with Gasteiger partial charge in [0.25, 0.3) is 0 Å². The Morgan fingerprint density at radius 2 is 1.38 bits per heavy atom. The van der Waals surface area contributed by atoms with E-state index in [-0.39, 0.29) is 5.75 Å². The van der Waals surface area contributed by atoms with Crippen LogP contribution in [0.25, 0.3) is 0 Å². The van der Waals surface area contributed by atoms with Crippen molar-refractivity contribution in [2.45, 2.75) is 41.0 Å². The number of nitrogens with zero attached hydrogens (tertiary/aromatic N) is 5. The van der Waals surface area contributed by atoms with Gasteiger partial charge in [-0.1, -0.05) is 12.1 Å². The first-order valence-corrected chi connectivity index (χ1v) is 7.99. The maximum Gasteiger partial charge on any atom is 0.138 e. The zero-order valence-corrected chi connectivity index (χ0v) is 14.6. The maximum absolute atomic E-state index is 10.3. The second-order valence-electron chi connectivity index (χ2n) is 6.16. The van der Waals surface area contributed by atoms with Crippen molar-refractivity contribution in [3.05, 3.63) is 59.2 Å². The molecule has 3 aromatic rings. The van der Waals surface area contributed by atoms with Crippen molar-refractivity contribution in [2.75, 3.05) is 4.90 Å². The summed E-state index contributed by atoms with van der Waals surface area (Å²) in [6, 6.07) is 11.4. The first-order chi connectivity index (χ1) is 11.4. The average Bonchev–Trinajstić information content (AvgIpc) is 3.00. The lowest BCUT2D eigenvalue weighted by molar-refractivity contribution is 0.450. The topological polar surface area (TPSA) is 59.1 Å². The molecule has 126 valence electrons. The minimum atomic E-state index is 0.251. The Kier molecular flexibility index (Phi) is 4.29. The van der Waals surface area contributed by atoms with E-state index in [0.717, 1.165) is 28.5 Å². The number of para-hydroxylation sites is 2. The number of benzene rings is 1. The lowest BCUT2D eigenvalue weighted by Gasteiger charge is -2.26. The number of anilines is 1. The number of rotatable bonds is 5. The zero-order chi connectivity index (χ0) is 17.3. The number of aromatic nitrogens is 4. The summed E-state index contributed by atoms with van der Waals surface area (Å²) < 4.78 is 3.88. The van der Waals surface area contributed by atoms with Crippen LogP contribution in [0, 0.1) is 27.7 Å². The number of hydrogen-bond acceptors (Lipinski definition) is 4. The second kappa shape index (κ2) is 6.39. The van der Waals surface area contributed by atoms with Crippen LogP contribution in [0.5, 0.6) is 5.75 Å². The molecule has 0 fully saturated rings. The van der Waals surface area contributed by atoms with Gasteiger partial charge in [0, 0.05) is 11.4 Å². The zero-order valence-electron chi connectivity index (χ0n) is 14.6. The molecule has 0 saturated heterocycles. The van der Waals surface area contributed by atoms with E-state index < -0.39 is 0 Å². The average molecular weight is 325 g/mol. The Morgan fingerprint density at radius 1 is 0.875 bits per heavy atom. The molecule has 0 saturated carbocycles. The van der Waals surface area contributed by atoms with E-state index in [9.17, 15) is 5.11 Å². The van der Waals surface area contributed by atoms with Crippen LogP contribution in [0.4, 0.5) is 5.69 Å². The van der Waals surface area contributed by atoms with E-state index in [0.29, 0.717) is 13.3 Å². The van der Waals surface area contributed by atoms with E-state index >= 15 is 0 Å². The number of aryl methyl sites for hydroxylation is 4. The normalized spacial score (nSPS) is 11.0. The summed E-state index contributed by atoms with van der Waals surface area (Å²) in [6.45, 7) is 9.10. The van der Waals surface area contributed by atoms with Crippen molar-refractivity contribution in [3.63, 3.8) is 0 Å². The van der Waals surface area contributed by atoms with E-state index in [1.165, 1.54) is 0 Å². The van der Waals surface area contributed by atoms with Crippen molar-refractivity contribution in [3.8, 4) is 5.75 Å². The molecular formula is C18H23N5O. The Balaban J connectivity index is 1.96. The summed E-state index contributed by atoms with van der Waals surface area (Å²) in [7, 11) is 0. The Morgan fingerprint density at radius 3 is 1.79 bits per heavy atom. The fraction of sp³-hybridized carbons (Fsp3) is 0.333.